The number of urea groups is 1. The molecule has 112 valence electrons. The average molecular weight is 343 g/mol. The molecule has 20 heavy (non-hydrogen) atoms. The van der Waals surface area contributed by atoms with Crippen molar-refractivity contribution in [1.29, 1.82) is 0 Å². The maximum atomic E-state index is 11.6. The van der Waals surface area contributed by atoms with Crippen molar-refractivity contribution < 1.29 is 9.90 Å². The van der Waals surface area contributed by atoms with Crippen molar-refractivity contribution in [2.45, 2.75) is 38.7 Å². The topological polar surface area (TPSA) is 61.4 Å². The first-order valence-corrected chi connectivity index (χ1v) is 7.56. The number of aliphatic hydroxyl groups is 1. The Labute approximate surface area is 129 Å². The van der Waals surface area contributed by atoms with Crippen LogP contribution in [-0.4, -0.2) is 30.3 Å². The predicted octanol–water partition coefficient (Wildman–Crippen LogP) is 2.80. The van der Waals surface area contributed by atoms with Gasteiger partial charge in [0.05, 0.1) is 6.10 Å². The summed E-state index contributed by atoms with van der Waals surface area (Å²) in [6.45, 7) is 6.91. The molecule has 0 bridgehead atoms. The molecule has 1 unspecified atom stereocenters. The molecule has 0 heterocycles. The first-order valence-electron chi connectivity index (χ1n) is 6.77. The minimum absolute atomic E-state index is 0.137. The molecule has 0 saturated carbocycles. The van der Waals surface area contributed by atoms with Gasteiger partial charge in [0.25, 0.3) is 0 Å². The molecular formula is C15H23BrN2O2. The zero-order chi connectivity index (χ0) is 15.2. The predicted molar refractivity (Wildman–Crippen MR) is 84.9 cm³/mol. The van der Waals surface area contributed by atoms with Crippen LogP contribution in [0.25, 0.3) is 0 Å². The number of hydrogen-bond acceptors (Lipinski definition) is 2. The molecule has 0 aliphatic heterocycles. The van der Waals surface area contributed by atoms with E-state index in [1.807, 2.05) is 12.1 Å². The summed E-state index contributed by atoms with van der Waals surface area (Å²) in [5, 5.41) is 14.7. The van der Waals surface area contributed by atoms with Gasteiger partial charge in [0.1, 0.15) is 0 Å². The molecule has 1 rings (SSSR count). The Morgan fingerprint density at radius 2 is 1.90 bits per heavy atom. The summed E-state index contributed by atoms with van der Waals surface area (Å²) < 4.78 is 1.04. The molecule has 1 aromatic rings. The van der Waals surface area contributed by atoms with Crippen LogP contribution in [0.5, 0.6) is 0 Å². The molecule has 3 N–H and O–H groups in total. The molecule has 4 nitrogen and oxygen atoms in total. The van der Waals surface area contributed by atoms with Crippen molar-refractivity contribution in [2.75, 3.05) is 13.1 Å². The van der Waals surface area contributed by atoms with Gasteiger partial charge in [-0.3, -0.25) is 0 Å². The van der Waals surface area contributed by atoms with E-state index in [1.165, 1.54) is 5.56 Å². The maximum Gasteiger partial charge on any atom is 0.314 e. The third-order valence-corrected chi connectivity index (χ3v) is 3.69. The summed E-state index contributed by atoms with van der Waals surface area (Å²) in [7, 11) is 0. The van der Waals surface area contributed by atoms with Gasteiger partial charge in [-0.05, 0) is 31.0 Å². The second-order valence-electron chi connectivity index (χ2n) is 5.64. The van der Waals surface area contributed by atoms with Gasteiger partial charge in [-0.1, -0.05) is 41.9 Å². The van der Waals surface area contributed by atoms with E-state index in [1.54, 1.807) is 6.92 Å². The molecule has 0 spiro atoms. The number of halogens is 1. The first kappa shape index (κ1) is 17.0. The second-order valence-corrected chi connectivity index (χ2v) is 6.55. The number of hydrogen-bond donors (Lipinski definition) is 3. The fraction of sp³-hybridized carbons (Fsp3) is 0.533. The highest BCUT2D eigenvalue weighted by Gasteiger charge is 2.21. The first-order chi connectivity index (χ1) is 9.31. The zero-order valence-electron chi connectivity index (χ0n) is 12.2. The molecular weight excluding hydrogens is 320 g/mol. The Balaban J connectivity index is 2.42. The lowest BCUT2D eigenvalue weighted by Crippen LogP contribution is -2.42. The van der Waals surface area contributed by atoms with Gasteiger partial charge in [-0.2, -0.15) is 0 Å². The normalized spacial score (nSPS) is 12.8. The smallest absolute Gasteiger partial charge is 0.314 e. The molecule has 0 radical (unpaired) electrons. The van der Waals surface area contributed by atoms with E-state index < -0.39 is 6.10 Å². The van der Waals surface area contributed by atoms with Gasteiger partial charge in [0.15, 0.2) is 0 Å². The third kappa shape index (κ3) is 5.92. The number of nitrogens with one attached hydrogen (secondary N) is 2. The van der Waals surface area contributed by atoms with Gasteiger partial charge in [0, 0.05) is 23.0 Å². The third-order valence-electron chi connectivity index (χ3n) is 3.16. The number of aliphatic hydroxyl groups excluding tert-OH is 1. The van der Waals surface area contributed by atoms with Crippen molar-refractivity contribution >= 4 is 22.0 Å². The van der Waals surface area contributed by atoms with Crippen molar-refractivity contribution in [3.63, 3.8) is 0 Å². The summed E-state index contributed by atoms with van der Waals surface area (Å²) in [4.78, 5) is 11.6. The SMILES string of the molecule is CC(O)CCNC(=O)NCC(C)(C)c1ccc(Br)cc1. The molecule has 0 saturated heterocycles. The van der Waals surface area contributed by atoms with Crippen LogP contribution < -0.4 is 10.6 Å². The number of amides is 2. The van der Waals surface area contributed by atoms with E-state index in [0.717, 1.165) is 4.47 Å². The monoisotopic (exact) mass is 342 g/mol. The number of rotatable bonds is 6. The molecule has 2 amide bonds. The molecule has 0 aliphatic carbocycles. The van der Waals surface area contributed by atoms with Crippen molar-refractivity contribution in [2.24, 2.45) is 0 Å². The summed E-state index contributed by atoms with van der Waals surface area (Å²) in [5.74, 6) is 0. The highest BCUT2D eigenvalue weighted by molar-refractivity contribution is 9.10. The summed E-state index contributed by atoms with van der Waals surface area (Å²) in [6, 6.07) is 7.91. The number of benzene rings is 1. The molecule has 1 atom stereocenters. The standard InChI is InChI=1S/C15H23BrN2O2/c1-11(19)8-9-17-14(20)18-10-15(2,3)12-4-6-13(16)7-5-12/h4-7,11,19H,8-10H2,1-3H3,(H2,17,18,20). The van der Waals surface area contributed by atoms with E-state index >= 15 is 0 Å². The Morgan fingerprint density at radius 1 is 1.30 bits per heavy atom. The fourth-order valence-electron chi connectivity index (χ4n) is 1.76. The van der Waals surface area contributed by atoms with Gasteiger partial charge in [0.2, 0.25) is 0 Å². The lowest BCUT2D eigenvalue weighted by Gasteiger charge is -2.25. The van der Waals surface area contributed by atoms with Crippen LogP contribution >= 0.6 is 15.9 Å². The average Bonchev–Trinajstić information content (AvgIpc) is 2.36. The fourth-order valence-corrected chi connectivity index (χ4v) is 2.03. The van der Waals surface area contributed by atoms with E-state index in [4.69, 9.17) is 5.11 Å². The highest BCUT2D eigenvalue weighted by Crippen LogP contribution is 2.23. The van der Waals surface area contributed by atoms with Crippen LogP contribution in [-0.2, 0) is 5.41 Å². The summed E-state index contributed by atoms with van der Waals surface area (Å²) >= 11 is 3.41. The zero-order valence-corrected chi connectivity index (χ0v) is 13.8. The minimum atomic E-state index is -0.394. The van der Waals surface area contributed by atoms with E-state index in [9.17, 15) is 4.79 Å². The molecule has 5 heteroatoms. The Bertz CT molecular complexity index is 430. The van der Waals surface area contributed by atoms with Crippen LogP contribution in [0, 0.1) is 0 Å². The van der Waals surface area contributed by atoms with E-state index in [2.05, 4.69) is 52.5 Å². The minimum Gasteiger partial charge on any atom is -0.393 e. The highest BCUT2D eigenvalue weighted by atomic mass is 79.9. The molecule has 0 aliphatic rings. The molecule has 0 fully saturated rings. The van der Waals surface area contributed by atoms with Crippen LogP contribution in [0.15, 0.2) is 28.7 Å². The second kappa shape index (κ2) is 7.64. The molecule has 1 aromatic carbocycles. The van der Waals surface area contributed by atoms with Gasteiger partial charge >= 0.3 is 6.03 Å². The largest absolute Gasteiger partial charge is 0.393 e. The van der Waals surface area contributed by atoms with Crippen molar-refractivity contribution in [3.8, 4) is 0 Å². The number of carbonyl (C=O) groups excluding carboxylic acids is 1. The van der Waals surface area contributed by atoms with Crippen LogP contribution in [0.2, 0.25) is 0 Å². The van der Waals surface area contributed by atoms with E-state index in [0.29, 0.717) is 19.5 Å². The van der Waals surface area contributed by atoms with Gasteiger partial charge < -0.3 is 15.7 Å². The summed E-state index contributed by atoms with van der Waals surface area (Å²) in [5.41, 5.74) is 1.03. The maximum absolute atomic E-state index is 11.6. The number of carbonyl (C=O) groups is 1. The van der Waals surface area contributed by atoms with Gasteiger partial charge in [-0.25, -0.2) is 4.79 Å². The Hall–Kier alpha value is -1.07. The Morgan fingerprint density at radius 3 is 2.45 bits per heavy atom. The van der Waals surface area contributed by atoms with E-state index in [-0.39, 0.29) is 11.4 Å². The van der Waals surface area contributed by atoms with Crippen LogP contribution in [0.1, 0.15) is 32.8 Å². The molecule has 0 aromatic heterocycles. The quantitative estimate of drug-likeness (QED) is 0.744. The van der Waals surface area contributed by atoms with Crippen LogP contribution in [0.4, 0.5) is 4.79 Å². The van der Waals surface area contributed by atoms with Gasteiger partial charge in [-0.15, -0.1) is 0 Å². The van der Waals surface area contributed by atoms with Crippen molar-refractivity contribution in [1.82, 2.24) is 10.6 Å². The van der Waals surface area contributed by atoms with Crippen molar-refractivity contribution in [3.05, 3.63) is 34.3 Å². The Kier molecular flexibility index (Phi) is 6.49. The summed E-state index contributed by atoms with van der Waals surface area (Å²) in [6.07, 6.45) is 0.165. The lowest BCUT2D eigenvalue weighted by molar-refractivity contribution is 0.183. The van der Waals surface area contributed by atoms with Crippen LogP contribution in [0.3, 0.4) is 0 Å². The lowest BCUT2D eigenvalue weighted by atomic mass is 9.85.